The van der Waals surface area contributed by atoms with E-state index in [1.165, 1.54) is 18.3 Å². The summed E-state index contributed by atoms with van der Waals surface area (Å²) >= 11 is 0. The monoisotopic (exact) mass is 226 g/mol. The Labute approximate surface area is 94.6 Å². The maximum Gasteiger partial charge on any atom is 0.707 e. The molecule has 0 aliphatic heterocycles. The molecule has 88 valence electrons. The van der Waals surface area contributed by atoms with Gasteiger partial charge in [0.15, 0.2) is 0 Å². The predicted octanol–water partition coefficient (Wildman–Crippen LogP) is -0.630. The van der Waals surface area contributed by atoms with Crippen LogP contribution >= 0.6 is 0 Å². The fraction of sp³-hybridized carbons (Fsp3) is 0.444. The van der Waals surface area contributed by atoms with E-state index in [0.29, 0.717) is 18.2 Å². The molecule has 1 rings (SSSR count). The summed E-state index contributed by atoms with van der Waals surface area (Å²) in [6.07, 6.45) is 1.47. The molecular weight excluding hydrogens is 211 g/mol. The van der Waals surface area contributed by atoms with Crippen molar-refractivity contribution in [1.29, 1.82) is 0 Å². The Balaban J connectivity index is 2.47. The number of aromatic nitrogens is 1. The molecule has 0 saturated heterocycles. The molecule has 0 aliphatic rings. The zero-order valence-corrected chi connectivity index (χ0v) is 9.33. The van der Waals surface area contributed by atoms with Crippen LogP contribution in [-0.4, -0.2) is 54.5 Å². The molecule has 0 unspecified atom stereocenters. The Morgan fingerprint density at radius 3 is 2.81 bits per heavy atom. The van der Waals surface area contributed by atoms with Gasteiger partial charge in [-0.3, -0.25) is 0 Å². The highest BCUT2D eigenvalue weighted by Gasteiger charge is 2.11. The maximum absolute atomic E-state index is 8.61. The summed E-state index contributed by atoms with van der Waals surface area (Å²) in [7, 11) is 2.05. The fourth-order valence-electron chi connectivity index (χ4n) is 0.998. The van der Waals surface area contributed by atoms with E-state index in [1.807, 2.05) is 19.0 Å². The number of rotatable bonds is 6. The third-order valence-corrected chi connectivity index (χ3v) is 1.74. The van der Waals surface area contributed by atoms with Crippen LogP contribution in [0.3, 0.4) is 0 Å². The molecule has 0 atom stereocenters. The molecule has 0 bridgehead atoms. The molecule has 1 heterocycles. The van der Waals surface area contributed by atoms with E-state index in [4.69, 9.17) is 14.8 Å². The standard InChI is InChI=1S/C9H15BN2O4/c1-12(2)5-6-15-9-7-8(3-4-11-9)16-10(13)14/h3-4,7,13-14H,5-6H2,1-2H3. The van der Waals surface area contributed by atoms with Crippen molar-refractivity contribution in [3.63, 3.8) is 0 Å². The summed E-state index contributed by atoms with van der Waals surface area (Å²) in [6, 6.07) is 3.01. The first kappa shape index (κ1) is 12.8. The lowest BCUT2D eigenvalue weighted by molar-refractivity contribution is 0.252. The van der Waals surface area contributed by atoms with Gasteiger partial charge in [-0.25, -0.2) is 4.98 Å². The first-order valence-electron chi connectivity index (χ1n) is 4.84. The Morgan fingerprint density at radius 2 is 2.19 bits per heavy atom. The van der Waals surface area contributed by atoms with Crippen molar-refractivity contribution in [2.24, 2.45) is 0 Å². The number of ether oxygens (including phenoxy) is 1. The summed E-state index contributed by atoms with van der Waals surface area (Å²) in [5.74, 6) is 0.685. The van der Waals surface area contributed by atoms with E-state index >= 15 is 0 Å². The average molecular weight is 226 g/mol. The Bertz CT molecular complexity index is 322. The van der Waals surface area contributed by atoms with Gasteiger partial charge in [-0.15, -0.1) is 0 Å². The highest BCUT2D eigenvalue weighted by molar-refractivity contribution is 6.33. The van der Waals surface area contributed by atoms with Gasteiger partial charge in [0.2, 0.25) is 5.88 Å². The lowest BCUT2D eigenvalue weighted by Crippen LogP contribution is -2.21. The molecular formula is C9H15BN2O4. The minimum atomic E-state index is -1.84. The second-order valence-electron chi connectivity index (χ2n) is 3.43. The number of hydrogen-bond acceptors (Lipinski definition) is 6. The third-order valence-electron chi connectivity index (χ3n) is 1.74. The van der Waals surface area contributed by atoms with Crippen LogP contribution in [0.15, 0.2) is 18.3 Å². The first-order chi connectivity index (χ1) is 7.58. The molecule has 0 radical (unpaired) electrons. The maximum atomic E-state index is 8.61. The summed E-state index contributed by atoms with van der Waals surface area (Å²) in [6.45, 7) is 1.28. The molecule has 6 nitrogen and oxygen atoms in total. The SMILES string of the molecule is CN(C)CCOc1cc(OB(O)O)ccn1. The molecule has 0 amide bonds. The first-order valence-corrected chi connectivity index (χ1v) is 4.84. The van der Waals surface area contributed by atoms with Gasteiger partial charge in [-0.1, -0.05) is 0 Å². The topological polar surface area (TPSA) is 75.1 Å². The normalized spacial score (nSPS) is 10.3. The Morgan fingerprint density at radius 1 is 1.44 bits per heavy atom. The van der Waals surface area contributed by atoms with Gasteiger partial charge < -0.3 is 24.3 Å². The lowest BCUT2D eigenvalue weighted by atomic mass is 10.2. The van der Waals surface area contributed by atoms with Crippen molar-refractivity contribution in [1.82, 2.24) is 9.88 Å². The lowest BCUT2D eigenvalue weighted by Gasteiger charge is -2.11. The average Bonchev–Trinajstić information content (AvgIpc) is 2.16. The summed E-state index contributed by atoms with van der Waals surface area (Å²) < 4.78 is 10.0. The van der Waals surface area contributed by atoms with Crippen molar-refractivity contribution in [2.45, 2.75) is 0 Å². The van der Waals surface area contributed by atoms with Gasteiger partial charge in [0.25, 0.3) is 0 Å². The zero-order valence-electron chi connectivity index (χ0n) is 9.33. The van der Waals surface area contributed by atoms with Crippen LogP contribution in [0.1, 0.15) is 0 Å². The second-order valence-corrected chi connectivity index (χ2v) is 3.43. The highest BCUT2D eigenvalue weighted by atomic mass is 16.6. The van der Waals surface area contributed by atoms with E-state index in [2.05, 4.69) is 9.64 Å². The van der Waals surface area contributed by atoms with Crippen LogP contribution < -0.4 is 9.39 Å². The van der Waals surface area contributed by atoms with Gasteiger partial charge in [0, 0.05) is 18.8 Å². The summed E-state index contributed by atoms with van der Waals surface area (Å²) in [5.41, 5.74) is 0. The van der Waals surface area contributed by atoms with Crippen LogP contribution in [0.4, 0.5) is 0 Å². The van der Waals surface area contributed by atoms with Gasteiger partial charge in [0.05, 0.1) is 0 Å². The van der Waals surface area contributed by atoms with E-state index in [-0.39, 0.29) is 0 Å². The Hall–Kier alpha value is -1.31. The van der Waals surface area contributed by atoms with Gasteiger partial charge in [0.1, 0.15) is 12.4 Å². The molecule has 1 aromatic rings. The van der Waals surface area contributed by atoms with Crippen molar-refractivity contribution >= 4 is 7.32 Å². The summed E-state index contributed by atoms with van der Waals surface area (Å²) in [4.78, 5) is 5.94. The molecule has 2 N–H and O–H groups in total. The summed E-state index contributed by atoms with van der Waals surface area (Å²) in [5, 5.41) is 17.2. The third kappa shape index (κ3) is 4.97. The van der Waals surface area contributed by atoms with Crippen LogP contribution in [0.2, 0.25) is 0 Å². The zero-order chi connectivity index (χ0) is 12.0. The Kier molecular flexibility index (Phi) is 5.04. The molecule has 16 heavy (non-hydrogen) atoms. The second kappa shape index (κ2) is 6.31. The minimum Gasteiger partial charge on any atom is -0.512 e. The fourth-order valence-corrected chi connectivity index (χ4v) is 0.998. The van der Waals surface area contributed by atoms with E-state index in [9.17, 15) is 0 Å². The molecule has 0 saturated carbocycles. The van der Waals surface area contributed by atoms with Gasteiger partial charge >= 0.3 is 7.32 Å². The minimum absolute atomic E-state index is 0.296. The molecule has 1 aromatic heterocycles. The molecule has 0 spiro atoms. The van der Waals surface area contributed by atoms with Crippen LogP contribution in [-0.2, 0) is 0 Å². The van der Waals surface area contributed by atoms with E-state index < -0.39 is 7.32 Å². The van der Waals surface area contributed by atoms with E-state index in [1.54, 1.807) is 0 Å². The van der Waals surface area contributed by atoms with Crippen LogP contribution in [0, 0.1) is 0 Å². The molecule has 0 aliphatic carbocycles. The molecule has 0 fully saturated rings. The van der Waals surface area contributed by atoms with E-state index in [0.717, 1.165) is 6.54 Å². The molecule has 0 aromatic carbocycles. The van der Waals surface area contributed by atoms with Crippen molar-refractivity contribution in [2.75, 3.05) is 27.2 Å². The van der Waals surface area contributed by atoms with Gasteiger partial charge in [-0.2, -0.15) is 0 Å². The predicted molar refractivity (Wildman–Crippen MR) is 59.1 cm³/mol. The highest BCUT2D eigenvalue weighted by Crippen LogP contribution is 2.16. The number of hydrogen-bond donors (Lipinski definition) is 2. The largest absolute Gasteiger partial charge is 0.707 e. The van der Waals surface area contributed by atoms with Crippen molar-refractivity contribution < 1.29 is 19.4 Å². The van der Waals surface area contributed by atoms with Gasteiger partial charge in [-0.05, 0) is 20.2 Å². The van der Waals surface area contributed by atoms with Crippen molar-refractivity contribution in [3.05, 3.63) is 18.3 Å². The number of likely N-dealkylation sites (N-methyl/N-ethyl adjacent to an activating group) is 1. The number of nitrogens with zero attached hydrogens (tertiary/aromatic N) is 2. The quantitative estimate of drug-likeness (QED) is 0.629. The van der Waals surface area contributed by atoms with Crippen molar-refractivity contribution in [3.8, 4) is 11.6 Å². The van der Waals surface area contributed by atoms with Crippen LogP contribution in [0.25, 0.3) is 0 Å². The molecule has 7 heteroatoms. The van der Waals surface area contributed by atoms with Crippen LogP contribution in [0.5, 0.6) is 11.6 Å². The number of pyridine rings is 1. The smallest absolute Gasteiger partial charge is 0.512 e.